The van der Waals surface area contributed by atoms with E-state index in [1.54, 1.807) is 9.58 Å². The molecule has 1 aliphatic heterocycles. The Labute approximate surface area is 162 Å². The van der Waals surface area contributed by atoms with Crippen molar-refractivity contribution < 1.29 is 24.2 Å². The summed E-state index contributed by atoms with van der Waals surface area (Å²) in [5.41, 5.74) is 1.69. The highest BCUT2D eigenvalue weighted by atomic mass is 16.5. The predicted octanol–water partition coefficient (Wildman–Crippen LogP) is 0.276. The van der Waals surface area contributed by atoms with E-state index in [0.29, 0.717) is 19.7 Å². The Balaban J connectivity index is 1.65. The Hall–Kier alpha value is -2.94. The number of amides is 2. The van der Waals surface area contributed by atoms with E-state index in [-0.39, 0.29) is 31.3 Å². The van der Waals surface area contributed by atoms with Crippen LogP contribution in [0.25, 0.3) is 10.9 Å². The molecule has 3 rings (SSSR count). The molecule has 2 heterocycles. The third-order valence-electron chi connectivity index (χ3n) is 4.84. The van der Waals surface area contributed by atoms with Gasteiger partial charge >= 0.3 is 5.97 Å². The van der Waals surface area contributed by atoms with Gasteiger partial charge in [0.2, 0.25) is 11.8 Å². The zero-order valence-electron chi connectivity index (χ0n) is 16.0. The largest absolute Gasteiger partial charge is 0.480 e. The van der Waals surface area contributed by atoms with Crippen molar-refractivity contribution in [1.82, 2.24) is 19.6 Å². The third kappa shape index (κ3) is 4.48. The number of carboxylic acid groups (broad SMARTS) is 1. The zero-order chi connectivity index (χ0) is 20.3. The number of carboxylic acids is 1. The standard InChI is InChI=1S/C19H24N4O5/c1-13(24)23(12-19(26)27)11-14-10-22(7-8-28-14)18(25)9-16-15-5-3-4-6-17(15)21(2)20-16/h3-6,14H,7-12H2,1-2H3,(H,26,27). The molecular formula is C19H24N4O5. The van der Waals surface area contributed by atoms with E-state index in [1.165, 1.54) is 11.8 Å². The zero-order valence-corrected chi connectivity index (χ0v) is 16.0. The highest BCUT2D eigenvalue weighted by Crippen LogP contribution is 2.19. The lowest BCUT2D eigenvalue weighted by molar-refractivity contribution is -0.147. The molecule has 0 bridgehead atoms. The van der Waals surface area contributed by atoms with Gasteiger partial charge in [-0.25, -0.2) is 0 Å². The minimum Gasteiger partial charge on any atom is -0.480 e. The van der Waals surface area contributed by atoms with Gasteiger partial charge in [0, 0.05) is 39.0 Å². The molecule has 1 saturated heterocycles. The van der Waals surface area contributed by atoms with E-state index < -0.39 is 12.1 Å². The van der Waals surface area contributed by atoms with Crippen LogP contribution < -0.4 is 0 Å². The molecule has 0 spiro atoms. The van der Waals surface area contributed by atoms with Crippen molar-refractivity contribution in [2.24, 2.45) is 7.05 Å². The molecule has 9 nitrogen and oxygen atoms in total. The quantitative estimate of drug-likeness (QED) is 0.762. The smallest absolute Gasteiger partial charge is 0.323 e. The van der Waals surface area contributed by atoms with E-state index in [2.05, 4.69) is 5.10 Å². The molecule has 0 saturated carbocycles. The number of benzene rings is 1. The van der Waals surface area contributed by atoms with Gasteiger partial charge in [-0.1, -0.05) is 18.2 Å². The summed E-state index contributed by atoms with van der Waals surface area (Å²) in [6, 6.07) is 7.76. The number of aryl methyl sites for hydroxylation is 1. The van der Waals surface area contributed by atoms with Crippen LogP contribution in [0.1, 0.15) is 12.6 Å². The lowest BCUT2D eigenvalue weighted by Gasteiger charge is -2.35. The Bertz CT molecular complexity index is 894. The van der Waals surface area contributed by atoms with Crippen LogP contribution in [0.3, 0.4) is 0 Å². The minimum atomic E-state index is -1.08. The number of morpholine rings is 1. The van der Waals surface area contributed by atoms with Crippen LogP contribution in [-0.2, 0) is 32.6 Å². The number of fused-ring (bicyclic) bond motifs is 1. The molecule has 0 aliphatic carbocycles. The van der Waals surface area contributed by atoms with Crippen molar-refractivity contribution in [2.45, 2.75) is 19.4 Å². The molecule has 1 aliphatic rings. The highest BCUT2D eigenvalue weighted by molar-refractivity contribution is 5.87. The lowest BCUT2D eigenvalue weighted by Crippen LogP contribution is -2.51. The molecular weight excluding hydrogens is 364 g/mol. The molecule has 2 amide bonds. The average Bonchev–Trinajstić information content (AvgIpc) is 2.97. The van der Waals surface area contributed by atoms with E-state index in [1.807, 2.05) is 31.3 Å². The average molecular weight is 388 g/mol. The first kappa shape index (κ1) is 19.8. The maximum absolute atomic E-state index is 12.8. The highest BCUT2D eigenvalue weighted by Gasteiger charge is 2.28. The van der Waals surface area contributed by atoms with E-state index in [9.17, 15) is 14.4 Å². The number of aromatic nitrogens is 2. The monoisotopic (exact) mass is 388 g/mol. The van der Waals surface area contributed by atoms with Crippen molar-refractivity contribution >= 4 is 28.7 Å². The molecule has 0 radical (unpaired) electrons. The Kier molecular flexibility index (Phi) is 5.93. The van der Waals surface area contributed by atoms with Crippen molar-refractivity contribution in [2.75, 3.05) is 32.8 Å². The predicted molar refractivity (Wildman–Crippen MR) is 101 cm³/mol. The van der Waals surface area contributed by atoms with Crippen LogP contribution in [0.5, 0.6) is 0 Å². The van der Waals surface area contributed by atoms with Gasteiger partial charge < -0.3 is 19.6 Å². The fourth-order valence-electron chi connectivity index (χ4n) is 3.44. The molecule has 1 aromatic carbocycles. The number of aliphatic carboxylic acids is 1. The van der Waals surface area contributed by atoms with Crippen LogP contribution in [-0.4, -0.2) is 81.4 Å². The molecule has 1 unspecified atom stereocenters. The van der Waals surface area contributed by atoms with E-state index >= 15 is 0 Å². The summed E-state index contributed by atoms with van der Waals surface area (Å²) in [6.07, 6.45) is -0.235. The van der Waals surface area contributed by atoms with Crippen LogP contribution in [0.2, 0.25) is 0 Å². The van der Waals surface area contributed by atoms with Gasteiger partial charge in [-0.15, -0.1) is 0 Å². The number of ether oxygens (including phenoxy) is 1. The third-order valence-corrected chi connectivity index (χ3v) is 4.84. The van der Waals surface area contributed by atoms with Crippen LogP contribution in [0, 0.1) is 0 Å². The Morgan fingerprint density at radius 2 is 2.07 bits per heavy atom. The number of nitrogens with zero attached hydrogens (tertiary/aromatic N) is 4. The summed E-state index contributed by atoms with van der Waals surface area (Å²) < 4.78 is 7.41. The molecule has 1 fully saturated rings. The maximum atomic E-state index is 12.8. The van der Waals surface area contributed by atoms with Crippen molar-refractivity contribution in [1.29, 1.82) is 0 Å². The molecule has 28 heavy (non-hydrogen) atoms. The molecule has 1 N–H and O–H groups in total. The number of rotatable bonds is 6. The van der Waals surface area contributed by atoms with Crippen molar-refractivity contribution in [3.63, 3.8) is 0 Å². The van der Waals surface area contributed by atoms with Gasteiger partial charge in [-0.3, -0.25) is 19.1 Å². The first-order valence-corrected chi connectivity index (χ1v) is 9.12. The number of para-hydroxylation sites is 1. The topological polar surface area (TPSA) is 105 Å². The van der Waals surface area contributed by atoms with Gasteiger partial charge in [-0.05, 0) is 6.07 Å². The Morgan fingerprint density at radius 3 is 2.79 bits per heavy atom. The van der Waals surface area contributed by atoms with Gasteiger partial charge in [-0.2, -0.15) is 5.10 Å². The first-order chi connectivity index (χ1) is 13.3. The summed E-state index contributed by atoms with van der Waals surface area (Å²) in [6.45, 7) is 2.19. The van der Waals surface area contributed by atoms with Gasteiger partial charge in [0.25, 0.3) is 0 Å². The molecule has 150 valence electrons. The maximum Gasteiger partial charge on any atom is 0.323 e. The lowest BCUT2D eigenvalue weighted by atomic mass is 10.1. The summed E-state index contributed by atoms with van der Waals surface area (Å²) in [5.74, 6) is -1.49. The van der Waals surface area contributed by atoms with Crippen LogP contribution in [0.15, 0.2) is 24.3 Å². The molecule has 2 aromatic rings. The normalized spacial score (nSPS) is 16.9. The summed E-state index contributed by atoms with van der Waals surface area (Å²) >= 11 is 0. The molecule has 1 atom stereocenters. The summed E-state index contributed by atoms with van der Waals surface area (Å²) in [4.78, 5) is 38.3. The fourth-order valence-corrected chi connectivity index (χ4v) is 3.44. The number of hydrogen-bond acceptors (Lipinski definition) is 5. The van der Waals surface area contributed by atoms with Gasteiger partial charge in [0.1, 0.15) is 6.54 Å². The van der Waals surface area contributed by atoms with Crippen LogP contribution >= 0.6 is 0 Å². The second-order valence-electron chi connectivity index (χ2n) is 6.89. The number of carbonyl (C=O) groups excluding carboxylic acids is 2. The fraction of sp³-hybridized carbons (Fsp3) is 0.474. The second kappa shape index (κ2) is 8.39. The van der Waals surface area contributed by atoms with E-state index in [0.717, 1.165) is 16.6 Å². The van der Waals surface area contributed by atoms with Crippen molar-refractivity contribution in [3.05, 3.63) is 30.0 Å². The van der Waals surface area contributed by atoms with Gasteiger partial charge in [0.15, 0.2) is 0 Å². The number of carbonyl (C=O) groups is 3. The minimum absolute atomic E-state index is 0.0650. The SMILES string of the molecule is CC(=O)N(CC(=O)O)CC1CN(C(=O)Cc2nn(C)c3ccccc23)CCO1. The number of hydrogen-bond donors (Lipinski definition) is 1. The summed E-state index contributed by atoms with van der Waals surface area (Å²) in [5, 5.41) is 14.4. The first-order valence-electron chi connectivity index (χ1n) is 9.12. The molecule has 1 aromatic heterocycles. The second-order valence-corrected chi connectivity index (χ2v) is 6.89. The van der Waals surface area contributed by atoms with Crippen molar-refractivity contribution in [3.8, 4) is 0 Å². The summed E-state index contributed by atoms with van der Waals surface area (Å²) in [7, 11) is 1.85. The van der Waals surface area contributed by atoms with Gasteiger partial charge in [0.05, 0.1) is 30.3 Å². The molecule has 9 heteroatoms. The Morgan fingerprint density at radius 1 is 1.32 bits per heavy atom. The van der Waals surface area contributed by atoms with Crippen LogP contribution in [0.4, 0.5) is 0 Å². The van der Waals surface area contributed by atoms with E-state index in [4.69, 9.17) is 9.84 Å².